The Morgan fingerprint density at radius 3 is 2.65 bits per heavy atom. The topological polar surface area (TPSA) is 43.8 Å². The average molecular weight is 359 g/mol. The van der Waals surface area contributed by atoms with E-state index in [1.54, 1.807) is 0 Å². The molecular formula is C13H7BrClF2N3. The Morgan fingerprint density at radius 1 is 1.20 bits per heavy atom. The fraction of sp³-hybridized carbons (Fsp3) is 0. The van der Waals surface area contributed by atoms with E-state index in [1.165, 1.54) is 34.9 Å². The van der Waals surface area contributed by atoms with Gasteiger partial charge in [0.1, 0.15) is 11.6 Å². The van der Waals surface area contributed by atoms with Crippen LogP contribution in [0.2, 0.25) is 5.02 Å². The van der Waals surface area contributed by atoms with Gasteiger partial charge in [-0.2, -0.15) is 0 Å². The molecule has 0 aliphatic rings. The van der Waals surface area contributed by atoms with E-state index in [-0.39, 0.29) is 11.0 Å². The van der Waals surface area contributed by atoms with Gasteiger partial charge in [-0.05, 0) is 40.2 Å². The first-order valence-corrected chi connectivity index (χ1v) is 6.73. The lowest BCUT2D eigenvalue weighted by Crippen LogP contribution is -2.01. The molecule has 0 atom stereocenters. The number of rotatable bonds is 1. The zero-order chi connectivity index (χ0) is 14.4. The highest BCUT2D eigenvalue weighted by atomic mass is 79.9. The number of nitrogen functional groups attached to an aromatic ring is 1. The second kappa shape index (κ2) is 4.71. The van der Waals surface area contributed by atoms with E-state index in [4.69, 9.17) is 17.3 Å². The lowest BCUT2D eigenvalue weighted by atomic mass is 10.2. The van der Waals surface area contributed by atoms with Crippen molar-refractivity contribution in [2.75, 3.05) is 5.73 Å². The first-order valence-electron chi connectivity index (χ1n) is 5.56. The Morgan fingerprint density at radius 2 is 1.95 bits per heavy atom. The number of nitrogens with two attached hydrogens (primary N) is 1. The van der Waals surface area contributed by atoms with Crippen LogP contribution < -0.4 is 5.73 Å². The van der Waals surface area contributed by atoms with Crippen molar-refractivity contribution in [2.24, 2.45) is 0 Å². The van der Waals surface area contributed by atoms with E-state index in [0.29, 0.717) is 21.2 Å². The van der Waals surface area contributed by atoms with Crippen molar-refractivity contribution in [3.63, 3.8) is 0 Å². The van der Waals surface area contributed by atoms with E-state index in [1.807, 2.05) is 0 Å². The summed E-state index contributed by atoms with van der Waals surface area (Å²) in [5, 5.41) is -0.0275. The van der Waals surface area contributed by atoms with E-state index in [0.717, 1.165) is 0 Å². The first-order chi connectivity index (χ1) is 9.47. The Kier molecular flexibility index (Phi) is 3.14. The third kappa shape index (κ3) is 2.05. The third-order valence-corrected chi connectivity index (χ3v) is 3.80. The van der Waals surface area contributed by atoms with Crippen LogP contribution in [0.4, 0.5) is 14.7 Å². The third-order valence-electron chi connectivity index (χ3n) is 2.87. The van der Waals surface area contributed by atoms with Gasteiger partial charge >= 0.3 is 0 Å². The maximum atomic E-state index is 13.6. The molecular weight excluding hydrogens is 352 g/mol. The molecule has 0 saturated heterocycles. The summed E-state index contributed by atoms with van der Waals surface area (Å²) >= 11 is 8.98. The number of hydrogen-bond donors (Lipinski definition) is 1. The smallest absolute Gasteiger partial charge is 0.205 e. The highest BCUT2D eigenvalue weighted by Gasteiger charge is 2.15. The number of benzene rings is 2. The maximum Gasteiger partial charge on any atom is 0.205 e. The molecule has 3 aromatic rings. The van der Waals surface area contributed by atoms with Crippen LogP contribution in [0.15, 0.2) is 34.8 Å². The molecule has 7 heteroatoms. The van der Waals surface area contributed by atoms with Gasteiger partial charge in [0.25, 0.3) is 0 Å². The summed E-state index contributed by atoms with van der Waals surface area (Å²) in [5.74, 6) is -0.801. The molecule has 0 unspecified atom stereocenters. The van der Waals surface area contributed by atoms with Crippen molar-refractivity contribution in [1.29, 1.82) is 0 Å². The molecule has 3 rings (SSSR count). The van der Waals surface area contributed by atoms with Gasteiger partial charge in [-0.25, -0.2) is 13.8 Å². The maximum absolute atomic E-state index is 13.6. The Bertz CT molecular complexity index is 832. The second-order valence-electron chi connectivity index (χ2n) is 4.16. The number of aromatic nitrogens is 2. The molecule has 0 aliphatic carbocycles. The first kappa shape index (κ1) is 13.3. The normalized spacial score (nSPS) is 11.2. The highest BCUT2D eigenvalue weighted by molar-refractivity contribution is 9.10. The minimum atomic E-state index is -0.571. The molecule has 1 aromatic heterocycles. The summed E-state index contributed by atoms with van der Waals surface area (Å²) in [6, 6.07) is 6.77. The summed E-state index contributed by atoms with van der Waals surface area (Å²) in [5.41, 5.74) is 7.35. The van der Waals surface area contributed by atoms with Crippen molar-refractivity contribution >= 4 is 44.5 Å². The second-order valence-corrected chi connectivity index (χ2v) is 5.42. The lowest BCUT2D eigenvalue weighted by Gasteiger charge is -2.09. The molecule has 0 saturated carbocycles. The fourth-order valence-corrected chi connectivity index (χ4v) is 2.69. The quantitative estimate of drug-likeness (QED) is 0.705. The van der Waals surface area contributed by atoms with Gasteiger partial charge in [0.15, 0.2) is 0 Å². The monoisotopic (exact) mass is 357 g/mol. The molecule has 0 bridgehead atoms. The van der Waals surface area contributed by atoms with Crippen LogP contribution in [0.3, 0.4) is 0 Å². The van der Waals surface area contributed by atoms with Gasteiger partial charge in [0.05, 0.1) is 21.7 Å². The van der Waals surface area contributed by atoms with Gasteiger partial charge in [-0.3, -0.25) is 4.57 Å². The summed E-state index contributed by atoms with van der Waals surface area (Å²) in [4.78, 5) is 4.13. The van der Waals surface area contributed by atoms with Gasteiger partial charge < -0.3 is 5.73 Å². The Labute approximate surface area is 126 Å². The molecule has 102 valence electrons. The van der Waals surface area contributed by atoms with Crippen LogP contribution >= 0.6 is 27.5 Å². The predicted molar refractivity (Wildman–Crippen MR) is 78.1 cm³/mol. The van der Waals surface area contributed by atoms with Crippen molar-refractivity contribution in [2.45, 2.75) is 0 Å². The van der Waals surface area contributed by atoms with Gasteiger partial charge in [0, 0.05) is 10.5 Å². The number of anilines is 1. The Hall–Kier alpha value is -1.66. The minimum Gasteiger partial charge on any atom is -0.369 e. The van der Waals surface area contributed by atoms with Crippen LogP contribution in [0.25, 0.3) is 16.7 Å². The number of halogens is 4. The van der Waals surface area contributed by atoms with Crippen molar-refractivity contribution in [1.82, 2.24) is 9.55 Å². The van der Waals surface area contributed by atoms with E-state index in [9.17, 15) is 8.78 Å². The van der Waals surface area contributed by atoms with Crippen LogP contribution in [0.5, 0.6) is 0 Å². The highest BCUT2D eigenvalue weighted by Crippen LogP contribution is 2.31. The van der Waals surface area contributed by atoms with Crippen LogP contribution in [-0.2, 0) is 0 Å². The van der Waals surface area contributed by atoms with Crippen molar-refractivity contribution in [3.8, 4) is 5.69 Å². The number of nitrogens with zero attached hydrogens (tertiary/aromatic N) is 2. The molecule has 3 nitrogen and oxygen atoms in total. The summed E-state index contributed by atoms with van der Waals surface area (Å²) < 4.78 is 28.8. The van der Waals surface area contributed by atoms with Crippen LogP contribution in [0, 0.1) is 11.6 Å². The van der Waals surface area contributed by atoms with Gasteiger partial charge in [-0.15, -0.1) is 0 Å². The van der Waals surface area contributed by atoms with E-state index in [2.05, 4.69) is 20.9 Å². The minimum absolute atomic E-state index is 0.0275. The molecule has 2 aromatic carbocycles. The SMILES string of the molecule is Nc1nc2cc(Cl)c(F)cc2n1-c1ccc(F)cc1Br. The molecule has 1 heterocycles. The summed E-state index contributed by atoms with van der Waals surface area (Å²) in [6.45, 7) is 0. The predicted octanol–water partition coefficient (Wildman–Crippen LogP) is 4.30. The fourth-order valence-electron chi connectivity index (χ4n) is 2.01. The molecule has 20 heavy (non-hydrogen) atoms. The summed E-state index contributed by atoms with van der Waals surface area (Å²) in [6.07, 6.45) is 0. The molecule has 0 amide bonds. The van der Waals surface area contributed by atoms with Crippen LogP contribution in [0.1, 0.15) is 0 Å². The summed E-state index contributed by atoms with van der Waals surface area (Å²) in [7, 11) is 0. The zero-order valence-corrected chi connectivity index (χ0v) is 12.2. The number of fused-ring (bicyclic) bond motifs is 1. The number of imidazole rings is 1. The molecule has 0 spiro atoms. The van der Waals surface area contributed by atoms with Gasteiger partial charge in [0.2, 0.25) is 5.95 Å². The molecule has 0 fully saturated rings. The molecule has 0 radical (unpaired) electrons. The molecule has 2 N–H and O–H groups in total. The van der Waals surface area contributed by atoms with Crippen molar-refractivity contribution in [3.05, 3.63) is 51.5 Å². The lowest BCUT2D eigenvalue weighted by molar-refractivity contribution is 0.626. The Balaban J connectivity index is 2.35. The van der Waals surface area contributed by atoms with Gasteiger partial charge in [-0.1, -0.05) is 11.6 Å². The number of hydrogen-bond acceptors (Lipinski definition) is 2. The van der Waals surface area contributed by atoms with Crippen LogP contribution in [-0.4, -0.2) is 9.55 Å². The molecule has 0 aliphatic heterocycles. The average Bonchev–Trinajstić information content (AvgIpc) is 2.66. The van der Waals surface area contributed by atoms with E-state index < -0.39 is 11.6 Å². The van der Waals surface area contributed by atoms with Crippen molar-refractivity contribution < 1.29 is 8.78 Å². The largest absolute Gasteiger partial charge is 0.369 e. The standard InChI is InChI=1S/C13H7BrClF2N3/c14-7-3-6(16)1-2-11(7)20-12-5-9(17)8(15)4-10(12)19-13(20)18/h1-5H,(H2,18,19). The van der Waals surface area contributed by atoms with E-state index >= 15 is 0 Å². The zero-order valence-electron chi connectivity index (χ0n) is 9.87.